The van der Waals surface area contributed by atoms with Gasteiger partial charge in [-0.05, 0) is 174 Å². The molecule has 0 amide bonds. The maximum absolute atomic E-state index is 2.42. The summed E-state index contributed by atoms with van der Waals surface area (Å²) in [6.45, 7) is 0. The van der Waals surface area contributed by atoms with Crippen molar-refractivity contribution >= 4 is 77.5 Å². The lowest BCUT2D eigenvalue weighted by molar-refractivity contribution is 1.18. The largest absolute Gasteiger partial charge is 0.310 e. The van der Waals surface area contributed by atoms with Gasteiger partial charge in [0.05, 0.1) is 11.0 Å². The molecule has 0 aliphatic rings. The Morgan fingerprint density at radius 1 is 0.181 bits per heavy atom. The van der Waals surface area contributed by atoms with Crippen LogP contribution in [0, 0.1) is 0 Å². The van der Waals surface area contributed by atoms with E-state index in [2.05, 4.69) is 348 Å². The summed E-state index contributed by atoms with van der Waals surface area (Å²) in [5.74, 6) is 0. The molecule has 1 aromatic heterocycles. The van der Waals surface area contributed by atoms with Crippen molar-refractivity contribution in [3.8, 4) is 61.3 Å². The standard InChI is InChI=1S/C80H55N3/c1-4-16-56(17-5-1)61-32-41-70(42-33-61)81(73-47-38-59-22-10-12-24-66(59)50-73)75-52-69(53-76(55-75)82(74-48-39-60-23-11-13-25-67(60)51-74)71-43-34-62(35-44-71)57-18-6-2-7-19-57)65-30-28-64(29-31-65)68-40-49-80-78(54-68)77-26-14-15-27-79(77)83(80)72-45-36-63(37-46-72)58-20-8-3-9-21-58/h1-55H. The third-order valence-electron chi connectivity index (χ3n) is 16.3. The quantitative estimate of drug-likeness (QED) is 0.121. The summed E-state index contributed by atoms with van der Waals surface area (Å²) < 4.78 is 2.40. The second-order valence-electron chi connectivity index (χ2n) is 21.4. The molecule has 0 saturated carbocycles. The van der Waals surface area contributed by atoms with E-state index in [0.29, 0.717) is 0 Å². The van der Waals surface area contributed by atoms with Gasteiger partial charge in [-0.15, -0.1) is 0 Å². The van der Waals surface area contributed by atoms with Crippen LogP contribution in [0.4, 0.5) is 34.1 Å². The fourth-order valence-electron chi connectivity index (χ4n) is 12.1. The van der Waals surface area contributed by atoms with Crippen molar-refractivity contribution in [2.24, 2.45) is 0 Å². The molecule has 0 bridgehead atoms. The smallest absolute Gasteiger partial charge is 0.0541 e. The molecule has 0 saturated heterocycles. The van der Waals surface area contributed by atoms with Crippen LogP contribution in [-0.4, -0.2) is 4.57 Å². The van der Waals surface area contributed by atoms with E-state index in [1.165, 1.54) is 82.3 Å². The first kappa shape index (κ1) is 49.1. The van der Waals surface area contributed by atoms with E-state index < -0.39 is 0 Å². The third-order valence-corrected chi connectivity index (χ3v) is 16.3. The number of benzene rings is 14. The molecule has 15 aromatic rings. The first-order valence-corrected chi connectivity index (χ1v) is 28.5. The van der Waals surface area contributed by atoms with E-state index in [1.54, 1.807) is 0 Å². The highest BCUT2D eigenvalue weighted by atomic mass is 15.2. The minimum Gasteiger partial charge on any atom is -0.310 e. The van der Waals surface area contributed by atoms with Gasteiger partial charge in [-0.25, -0.2) is 0 Å². The van der Waals surface area contributed by atoms with Gasteiger partial charge in [-0.1, -0.05) is 237 Å². The number of para-hydroxylation sites is 1. The van der Waals surface area contributed by atoms with E-state index >= 15 is 0 Å². The summed E-state index contributed by atoms with van der Waals surface area (Å²) in [4.78, 5) is 4.84. The van der Waals surface area contributed by atoms with E-state index in [1.807, 2.05) is 0 Å². The molecule has 1 heterocycles. The van der Waals surface area contributed by atoms with Crippen molar-refractivity contribution in [2.75, 3.05) is 9.80 Å². The van der Waals surface area contributed by atoms with Crippen molar-refractivity contribution < 1.29 is 0 Å². The van der Waals surface area contributed by atoms with Crippen LogP contribution in [0.15, 0.2) is 334 Å². The maximum Gasteiger partial charge on any atom is 0.0541 e. The monoisotopic (exact) mass is 1060 g/mol. The van der Waals surface area contributed by atoms with Crippen molar-refractivity contribution in [2.45, 2.75) is 0 Å². The molecule has 0 fully saturated rings. The minimum atomic E-state index is 1.03. The summed E-state index contributed by atoms with van der Waals surface area (Å²) in [5, 5.41) is 7.21. The minimum absolute atomic E-state index is 1.03. The highest BCUT2D eigenvalue weighted by Crippen LogP contribution is 2.46. The average Bonchev–Trinajstić information content (AvgIpc) is 3.75. The summed E-state index contributed by atoms with van der Waals surface area (Å²) in [5.41, 5.74) is 21.5. The van der Waals surface area contributed by atoms with Gasteiger partial charge in [0, 0.05) is 50.6 Å². The molecule has 3 nitrogen and oxygen atoms in total. The Morgan fingerprint density at radius 2 is 0.530 bits per heavy atom. The topological polar surface area (TPSA) is 11.4 Å². The zero-order valence-electron chi connectivity index (χ0n) is 45.6. The molecule has 0 radical (unpaired) electrons. The lowest BCUT2D eigenvalue weighted by atomic mass is 9.97. The lowest BCUT2D eigenvalue weighted by Crippen LogP contribution is -2.14. The van der Waals surface area contributed by atoms with E-state index in [4.69, 9.17) is 0 Å². The number of hydrogen-bond donors (Lipinski definition) is 0. The SMILES string of the molecule is c1ccc(-c2ccc(N(c3cc(-c4ccc(-c5ccc6c(c5)c5ccccc5n6-c5ccc(-c6ccccc6)cc5)cc4)cc(N(c4ccc(-c5ccccc5)cc4)c4ccc5ccccc5c4)c3)c3ccc4ccccc4c3)cc2)cc1. The van der Waals surface area contributed by atoms with Crippen LogP contribution in [0.25, 0.3) is 105 Å². The van der Waals surface area contributed by atoms with Crippen molar-refractivity contribution in [1.82, 2.24) is 4.57 Å². The average molecular weight is 1060 g/mol. The van der Waals surface area contributed by atoms with Crippen LogP contribution in [-0.2, 0) is 0 Å². The Bertz CT molecular complexity index is 4610. The molecule has 15 rings (SSSR count). The number of anilines is 6. The molecule has 14 aromatic carbocycles. The fourth-order valence-corrected chi connectivity index (χ4v) is 12.1. The lowest BCUT2D eigenvalue weighted by Gasteiger charge is -2.31. The summed E-state index contributed by atoms with van der Waals surface area (Å²) in [6, 6.07) is 122. The first-order valence-electron chi connectivity index (χ1n) is 28.5. The molecular weight excluding hydrogens is 1000 g/mol. The van der Waals surface area contributed by atoms with Crippen LogP contribution in [0.1, 0.15) is 0 Å². The Labute approximate surface area is 484 Å². The molecule has 0 N–H and O–H groups in total. The van der Waals surface area contributed by atoms with Crippen LogP contribution in [0.3, 0.4) is 0 Å². The highest BCUT2D eigenvalue weighted by molar-refractivity contribution is 6.10. The van der Waals surface area contributed by atoms with Gasteiger partial charge in [0.15, 0.2) is 0 Å². The van der Waals surface area contributed by atoms with E-state index in [9.17, 15) is 0 Å². The predicted molar refractivity (Wildman–Crippen MR) is 352 cm³/mol. The molecule has 83 heavy (non-hydrogen) atoms. The van der Waals surface area contributed by atoms with Crippen LogP contribution in [0.2, 0.25) is 0 Å². The number of nitrogens with zero attached hydrogens (tertiary/aromatic N) is 3. The third kappa shape index (κ3) is 9.46. The Balaban J connectivity index is 0.885. The highest BCUT2D eigenvalue weighted by Gasteiger charge is 2.22. The van der Waals surface area contributed by atoms with Gasteiger partial charge in [0.25, 0.3) is 0 Å². The molecule has 0 aliphatic carbocycles. The van der Waals surface area contributed by atoms with Crippen molar-refractivity contribution in [3.05, 3.63) is 334 Å². The zero-order chi connectivity index (χ0) is 55.1. The van der Waals surface area contributed by atoms with Crippen LogP contribution < -0.4 is 9.80 Å². The number of hydrogen-bond acceptors (Lipinski definition) is 2. The number of rotatable bonds is 12. The van der Waals surface area contributed by atoms with Gasteiger partial charge >= 0.3 is 0 Å². The van der Waals surface area contributed by atoms with Crippen molar-refractivity contribution in [3.63, 3.8) is 0 Å². The van der Waals surface area contributed by atoms with E-state index in [0.717, 1.165) is 56.5 Å². The van der Waals surface area contributed by atoms with Crippen molar-refractivity contribution in [1.29, 1.82) is 0 Å². The Kier molecular flexibility index (Phi) is 12.6. The molecule has 0 spiro atoms. The number of aromatic nitrogens is 1. The van der Waals surface area contributed by atoms with Gasteiger partial charge < -0.3 is 14.4 Å². The molecule has 0 aliphatic heterocycles. The predicted octanol–water partition coefficient (Wildman–Crippen LogP) is 22.4. The summed E-state index contributed by atoms with van der Waals surface area (Å²) in [7, 11) is 0. The van der Waals surface area contributed by atoms with Gasteiger partial charge in [-0.2, -0.15) is 0 Å². The molecule has 0 unspecified atom stereocenters. The van der Waals surface area contributed by atoms with Crippen LogP contribution >= 0.6 is 0 Å². The van der Waals surface area contributed by atoms with Gasteiger partial charge in [0.1, 0.15) is 0 Å². The maximum atomic E-state index is 2.42. The van der Waals surface area contributed by atoms with Gasteiger partial charge in [-0.3, -0.25) is 0 Å². The molecule has 3 heteroatoms. The molecule has 390 valence electrons. The second kappa shape index (κ2) is 21.2. The van der Waals surface area contributed by atoms with E-state index in [-0.39, 0.29) is 0 Å². The molecule has 0 atom stereocenters. The Morgan fingerprint density at radius 3 is 1.02 bits per heavy atom. The summed E-state index contributed by atoms with van der Waals surface area (Å²) >= 11 is 0. The normalized spacial score (nSPS) is 11.4. The second-order valence-corrected chi connectivity index (χ2v) is 21.4. The zero-order valence-corrected chi connectivity index (χ0v) is 45.6. The first-order chi connectivity index (χ1) is 41.1. The fraction of sp³-hybridized carbons (Fsp3) is 0. The Hall–Kier alpha value is -11.0. The van der Waals surface area contributed by atoms with Crippen LogP contribution in [0.5, 0.6) is 0 Å². The number of fused-ring (bicyclic) bond motifs is 5. The summed E-state index contributed by atoms with van der Waals surface area (Å²) in [6.07, 6.45) is 0. The molecular formula is C80H55N3. The van der Waals surface area contributed by atoms with Gasteiger partial charge in [0.2, 0.25) is 0 Å².